The van der Waals surface area contributed by atoms with Crippen LogP contribution in [0.5, 0.6) is 0 Å². The normalized spacial score (nSPS) is 14.9. The van der Waals surface area contributed by atoms with Gasteiger partial charge in [-0.25, -0.2) is 9.97 Å². The zero-order valence-electron chi connectivity index (χ0n) is 8.17. The maximum Gasteiger partial charge on any atom is 0.143 e. The van der Waals surface area contributed by atoms with Crippen LogP contribution in [-0.2, 0) is 0 Å². The van der Waals surface area contributed by atoms with Gasteiger partial charge in [0.05, 0.1) is 4.47 Å². The summed E-state index contributed by atoms with van der Waals surface area (Å²) >= 11 is 9.14. The highest BCUT2D eigenvalue weighted by Gasteiger charge is 2.12. The molecule has 0 saturated carbocycles. The van der Waals surface area contributed by atoms with Crippen molar-refractivity contribution in [3.05, 3.63) is 17.0 Å². The second-order valence-corrected chi connectivity index (χ2v) is 4.45. The molecule has 0 fully saturated rings. The van der Waals surface area contributed by atoms with E-state index in [1.54, 1.807) is 6.20 Å². The van der Waals surface area contributed by atoms with E-state index < -0.39 is 0 Å². The molecule has 0 bridgehead atoms. The lowest BCUT2D eigenvalue weighted by atomic mass is 10.1. The Balaban J connectivity index is 2.64. The summed E-state index contributed by atoms with van der Waals surface area (Å²) in [6.07, 6.45) is 3.23. The topological polar surface area (TPSA) is 37.8 Å². The van der Waals surface area contributed by atoms with Gasteiger partial charge in [0, 0.05) is 18.1 Å². The van der Waals surface area contributed by atoms with Gasteiger partial charge in [0.1, 0.15) is 12.1 Å². The molecule has 0 spiro atoms. The predicted molar refractivity (Wildman–Crippen MR) is 62.7 cm³/mol. The number of halogens is 2. The van der Waals surface area contributed by atoms with Gasteiger partial charge in [0.25, 0.3) is 0 Å². The Hall–Kier alpha value is -0.350. The summed E-state index contributed by atoms with van der Waals surface area (Å²) in [6, 6.07) is 0.290. The number of anilines is 1. The van der Waals surface area contributed by atoms with Crippen LogP contribution in [-0.4, -0.2) is 21.9 Å². The minimum absolute atomic E-state index is 0.290. The molecule has 0 aliphatic rings. The molecular formula is C9H13BrClN3. The van der Waals surface area contributed by atoms with Crippen molar-refractivity contribution in [3.8, 4) is 0 Å². The van der Waals surface area contributed by atoms with E-state index in [1.807, 2.05) is 0 Å². The number of hydrogen-bond acceptors (Lipinski definition) is 3. The number of rotatable bonds is 4. The molecular weight excluding hydrogens is 265 g/mol. The Bertz CT molecular complexity index is 295. The summed E-state index contributed by atoms with van der Waals surface area (Å²) in [5, 5.41) is 3.28. The van der Waals surface area contributed by atoms with E-state index in [0.717, 1.165) is 10.3 Å². The lowest BCUT2D eigenvalue weighted by Crippen LogP contribution is -2.25. The molecule has 1 rings (SSSR count). The van der Waals surface area contributed by atoms with Crippen LogP contribution in [0, 0.1) is 5.92 Å². The lowest BCUT2D eigenvalue weighted by Gasteiger charge is -2.19. The van der Waals surface area contributed by atoms with Gasteiger partial charge in [-0.3, -0.25) is 0 Å². The summed E-state index contributed by atoms with van der Waals surface area (Å²) in [6.45, 7) is 4.18. The first-order valence-corrected chi connectivity index (χ1v) is 5.76. The molecule has 2 atom stereocenters. The summed E-state index contributed by atoms with van der Waals surface area (Å²) in [4.78, 5) is 8.02. The quantitative estimate of drug-likeness (QED) is 0.861. The van der Waals surface area contributed by atoms with Crippen LogP contribution >= 0.6 is 27.5 Å². The van der Waals surface area contributed by atoms with Crippen LogP contribution in [0.15, 0.2) is 17.0 Å². The molecule has 1 aromatic heterocycles. The molecule has 1 N–H and O–H groups in total. The molecule has 0 saturated heterocycles. The molecule has 1 aromatic rings. The van der Waals surface area contributed by atoms with E-state index >= 15 is 0 Å². The van der Waals surface area contributed by atoms with Gasteiger partial charge >= 0.3 is 0 Å². The van der Waals surface area contributed by atoms with Crippen LogP contribution in [0.4, 0.5) is 5.82 Å². The second kappa shape index (κ2) is 5.51. The van der Waals surface area contributed by atoms with E-state index in [0.29, 0.717) is 17.8 Å². The number of alkyl halides is 1. The SMILES string of the molecule is CC(CCl)C(C)Nc1ncncc1Br. The van der Waals surface area contributed by atoms with Gasteiger partial charge in [-0.05, 0) is 28.8 Å². The van der Waals surface area contributed by atoms with Crippen LogP contribution < -0.4 is 5.32 Å². The molecule has 0 aromatic carbocycles. The van der Waals surface area contributed by atoms with Crippen molar-refractivity contribution in [2.24, 2.45) is 5.92 Å². The van der Waals surface area contributed by atoms with Crippen molar-refractivity contribution in [1.29, 1.82) is 0 Å². The minimum atomic E-state index is 0.290. The zero-order chi connectivity index (χ0) is 10.6. The highest BCUT2D eigenvalue weighted by molar-refractivity contribution is 9.10. The summed E-state index contributed by atoms with van der Waals surface area (Å²) < 4.78 is 0.869. The molecule has 3 nitrogen and oxygen atoms in total. The first-order valence-electron chi connectivity index (χ1n) is 4.43. The standard InChI is InChI=1S/C9H13BrClN3/c1-6(3-11)7(2)14-9-8(10)4-12-5-13-9/h4-7H,3H2,1-2H3,(H,12,13,14). The van der Waals surface area contributed by atoms with Crippen molar-refractivity contribution in [1.82, 2.24) is 9.97 Å². The van der Waals surface area contributed by atoms with E-state index in [9.17, 15) is 0 Å². The highest BCUT2D eigenvalue weighted by atomic mass is 79.9. The van der Waals surface area contributed by atoms with Gasteiger partial charge in [-0.2, -0.15) is 0 Å². The minimum Gasteiger partial charge on any atom is -0.366 e. The zero-order valence-corrected chi connectivity index (χ0v) is 10.5. The van der Waals surface area contributed by atoms with Crippen molar-refractivity contribution in [2.45, 2.75) is 19.9 Å². The molecule has 5 heteroatoms. The first-order chi connectivity index (χ1) is 6.65. The third-order valence-electron chi connectivity index (χ3n) is 2.13. The molecule has 14 heavy (non-hydrogen) atoms. The van der Waals surface area contributed by atoms with Gasteiger partial charge < -0.3 is 5.32 Å². The van der Waals surface area contributed by atoms with Crippen LogP contribution in [0.1, 0.15) is 13.8 Å². The molecule has 1 heterocycles. The predicted octanol–water partition coefficient (Wildman–Crippen LogP) is 2.91. The van der Waals surface area contributed by atoms with Crippen molar-refractivity contribution in [2.75, 3.05) is 11.2 Å². The lowest BCUT2D eigenvalue weighted by molar-refractivity contribution is 0.564. The fourth-order valence-electron chi connectivity index (χ4n) is 0.910. The fraction of sp³-hybridized carbons (Fsp3) is 0.556. The molecule has 78 valence electrons. The van der Waals surface area contributed by atoms with Crippen molar-refractivity contribution >= 4 is 33.3 Å². The van der Waals surface area contributed by atoms with E-state index in [2.05, 4.69) is 45.1 Å². The monoisotopic (exact) mass is 277 g/mol. The third kappa shape index (κ3) is 3.10. The Morgan fingerprint density at radius 3 is 2.86 bits per heavy atom. The largest absolute Gasteiger partial charge is 0.366 e. The summed E-state index contributed by atoms with van der Waals surface area (Å²) in [7, 11) is 0. The van der Waals surface area contributed by atoms with Crippen LogP contribution in [0.2, 0.25) is 0 Å². The third-order valence-corrected chi connectivity index (χ3v) is 3.20. The van der Waals surface area contributed by atoms with E-state index in [-0.39, 0.29) is 0 Å². The van der Waals surface area contributed by atoms with Crippen molar-refractivity contribution < 1.29 is 0 Å². The number of nitrogens with zero attached hydrogens (tertiary/aromatic N) is 2. The maximum absolute atomic E-state index is 5.77. The highest BCUT2D eigenvalue weighted by Crippen LogP contribution is 2.19. The number of hydrogen-bond donors (Lipinski definition) is 1. The molecule has 0 aliphatic heterocycles. The maximum atomic E-state index is 5.77. The molecule has 0 aliphatic carbocycles. The van der Waals surface area contributed by atoms with Gasteiger partial charge in [0.2, 0.25) is 0 Å². The van der Waals surface area contributed by atoms with E-state index in [1.165, 1.54) is 6.33 Å². The fourth-order valence-corrected chi connectivity index (χ4v) is 1.51. The molecule has 0 radical (unpaired) electrons. The first kappa shape index (κ1) is 11.7. The Kier molecular flexibility index (Phi) is 4.62. The summed E-state index contributed by atoms with van der Waals surface area (Å²) in [5.74, 6) is 1.85. The second-order valence-electron chi connectivity index (χ2n) is 3.28. The van der Waals surface area contributed by atoms with Gasteiger partial charge in [-0.15, -0.1) is 11.6 Å². The molecule has 0 amide bonds. The summed E-state index contributed by atoms with van der Waals surface area (Å²) in [5.41, 5.74) is 0. The Morgan fingerprint density at radius 2 is 2.29 bits per heavy atom. The number of nitrogens with one attached hydrogen (secondary N) is 1. The van der Waals surface area contributed by atoms with E-state index in [4.69, 9.17) is 11.6 Å². The Morgan fingerprint density at radius 1 is 1.57 bits per heavy atom. The average molecular weight is 279 g/mol. The van der Waals surface area contributed by atoms with Gasteiger partial charge in [-0.1, -0.05) is 6.92 Å². The number of aromatic nitrogens is 2. The average Bonchev–Trinajstić information content (AvgIpc) is 2.20. The van der Waals surface area contributed by atoms with Gasteiger partial charge in [0.15, 0.2) is 0 Å². The van der Waals surface area contributed by atoms with Crippen molar-refractivity contribution in [3.63, 3.8) is 0 Å². The smallest absolute Gasteiger partial charge is 0.143 e. The molecule has 2 unspecified atom stereocenters. The van der Waals surface area contributed by atoms with Crippen LogP contribution in [0.25, 0.3) is 0 Å². The Labute approximate surface area is 97.4 Å². The van der Waals surface area contributed by atoms with Crippen LogP contribution in [0.3, 0.4) is 0 Å².